The van der Waals surface area contributed by atoms with Gasteiger partial charge in [-0.15, -0.1) is 0 Å². The highest BCUT2D eigenvalue weighted by Gasteiger charge is 2.81. The summed E-state index contributed by atoms with van der Waals surface area (Å²) < 4.78 is 85.6. The molecule has 0 aromatic rings. The number of alkyl halides is 6. The van der Waals surface area contributed by atoms with E-state index in [1.807, 2.05) is 0 Å². The number of carbonyl (C=O) groups excluding carboxylic acids is 2. The van der Waals surface area contributed by atoms with Crippen LogP contribution in [0.3, 0.4) is 0 Å². The zero-order chi connectivity index (χ0) is 18.1. The van der Waals surface area contributed by atoms with Crippen LogP contribution < -0.4 is 0 Å². The molecule has 0 aromatic carbocycles. The van der Waals surface area contributed by atoms with E-state index in [4.69, 9.17) is 0 Å². The first-order valence-electron chi connectivity index (χ1n) is 5.71. The van der Waals surface area contributed by atoms with E-state index in [2.05, 4.69) is 16.1 Å². The Hall–Kier alpha value is -1.74. The summed E-state index contributed by atoms with van der Waals surface area (Å²) >= 11 is 0. The number of hydrogen-bond donors (Lipinski definition) is 0. The van der Waals surface area contributed by atoms with E-state index in [0.717, 1.165) is 27.7 Å². The highest BCUT2D eigenvalue weighted by Crippen LogP contribution is 2.47. The molecule has 0 atom stereocenters. The number of ether oxygens (including phenoxy) is 2. The van der Waals surface area contributed by atoms with Crippen molar-refractivity contribution < 1.29 is 45.4 Å². The van der Waals surface area contributed by atoms with Gasteiger partial charge in [0.2, 0.25) is 0 Å². The second kappa shape index (κ2) is 5.81. The van der Waals surface area contributed by atoms with Crippen molar-refractivity contribution in [3.8, 4) is 0 Å². The van der Waals surface area contributed by atoms with E-state index >= 15 is 0 Å². The largest absolute Gasteiger partial charge is 0.456 e. The summed E-state index contributed by atoms with van der Waals surface area (Å²) in [5.41, 5.74) is -7.85. The lowest BCUT2D eigenvalue weighted by Gasteiger charge is -2.36. The third kappa shape index (κ3) is 4.14. The summed E-state index contributed by atoms with van der Waals surface area (Å²) in [6, 6.07) is 0. The molecule has 0 rings (SSSR count). The third-order valence-corrected chi connectivity index (χ3v) is 2.08. The maximum absolute atomic E-state index is 13.0. The monoisotopic (exact) mass is 336 g/mol. The SMILES string of the molecule is C=C(C)C(=O)OC(C(=O)OC(C)(C)C)(C(F)(F)F)C(F)(F)F. The molecule has 0 heterocycles. The zero-order valence-corrected chi connectivity index (χ0v) is 12.1. The summed E-state index contributed by atoms with van der Waals surface area (Å²) in [5, 5.41) is 0. The molecule has 0 unspecified atom stereocenters. The molecule has 0 aliphatic rings. The van der Waals surface area contributed by atoms with Crippen molar-refractivity contribution in [2.45, 2.75) is 51.2 Å². The van der Waals surface area contributed by atoms with Gasteiger partial charge in [0, 0.05) is 5.57 Å². The van der Waals surface area contributed by atoms with E-state index < -0.39 is 41.1 Å². The summed E-state index contributed by atoms with van der Waals surface area (Å²) in [6.45, 7) is 6.88. The fraction of sp³-hybridized carbons (Fsp3) is 0.667. The van der Waals surface area contributed by atoms with E-state index in [1.165, 1.54) is 0 Å². The van der Waals surface area contributed by atoms with Crippen LogP contribution in [0.1, 0.15) is 27.7 Å². The van der Waals surface area contributed by atoms with Gasteiger partial charge in [0.05, 0.1) is 0 Å². The van der Waals surface area contributed by atoms with Crippen molar-refractivity contribution in [3.05, 3.63) is 12.2 Å². The van der Waals surface area contributed by atoms with Crippen molar-refractivity contribution in [1.82, 2.24) is 0 Å². The predicted molar refractivity (Wildman–Crippen MR) is 61.6 cm³/mol. The number of halogens is 6. The second-order valence-electron chi connectivity index (χ2n) is 5.35. The number of carbonyl (C=O) groups is 2. The quantitative estimate of drug-likeness (QED) is 0.451. The van der Waals surface area contributed by atoms with Gasteiger partial charge in [-0.25, -0.2) is 9.59 Å². The van der Waals surface area contributed by atoms with Gasteiger partial charge in [0.1, 0.15) is 5.60 Å². The van der Waals surface area contributed by atoms with E-state index in [0.29, 0.717) is 0 Å². The van der Waals surface area contributed by atoms with Crippen LogP contribution in [-0.2, 0) is 19.1 Å². The van der Waals surface area contributed by atoms with Crippen LogP contribution >= 0.6 is 0 Å². The number of rotatable bonds is 3. The van der Waals surface area contributed by atoms with Crippen molar-refractivity contribution in [3.63, 3.8) is 0 Å². The second-order valence-corrected chi connectivity index (χ2v) is 5.35. The lowest BCUT2D eigenvalue weighted by molar-refractivity contribution is -0.360. The van der Waals surface area contributed by atoms with E-state index in [1.54, 1.807) is 0 Å². The van der Waals surface area contributed by atoms with E-state index in [-0.39, 0.29) is 0 Å². The Kier molecular flexibility index (Phi) is 5.35. The minimum Gasteiger partial charge on any atom is -0.456 e. The van der Waals surface area contributed by atoms with Gasteiger partial charge in [0.25, 0.3) is 0 Å². The lowest BCUT2D eigenvalue weighted by atomic mass is 10.0. The highest BCUT2D eigenvalue weighted by molar-refractivity contribution is 5.92. The van der Waals surface area contributed by atoms with Gasteiger partial charge < -0.3 is 9.47 Å². The average molecular weight is 336 g/mol. The number of esters is 2. The molecule has 0 N–H and O–H groups in total. The van der Waals surface area contributed by atoms with Crippen LogP contribution in [0.4, 0.5) is 26.3 Å². The van der Waals surface area contributed by atoms with Gasteiger partial charge in [-0.1, -0.05) is 6.58 Å². The smallest absolute Gasteiger partial charge is 0.449 e. The Morgan fingerprint density at radius 3 is 1.45 bits per heavy atom. The maximum Gasteiger partial charge on any atom is 0.449 e. The Morgan fingerprint density at radius 1 is 0.864 bits per heavy atom. The van der Waals surface area contributed by atoms with Crippen LogP contribution in [0.5, 0.6) is 0 Å². The molecule has 128 valence electrons. The van der Waals surface area contributed by atoms with Crippen LogP contribution in [0.2, 0.25) is 0 Å². The predicted octanol–water partition coefficient (Wildman–Crippen LogP) is 3.31. The molecule has 0 fully saturated rings. The Labute approximate surface area is 122 Å². The molecule has 22 heavy (non-hydrogen) atoms. The first-order chi connectivity index (χ1) is 9.46. The molecule has 0 aliphatic heterocycles. The van der Waals surface area contributed by atoms with Crippen molar-refractivity contribution in [1.29, 1.82) is 0 Å². The van der Waals surface area contributed by atoms with Gasteiger partial charge in [0.15, 0.2) is 0 Å². The summed E-state index contributed by atoms with van der Waals surface area (Å²) in [4.78, 5) is 22.8. The van der Waals surface area contributed by atoms with Gasteiger partial charge >= 0.3 is 29.9 Å². The van der Waals surface area contributed by atoms with Crippen LogP contribution in [0.15, 0.2) is 12.2 Å². The van der Waals surface area contributed by atoms with Crippen molar-refractivity contribution in [2.24, 2.45) is 0 Å². The number of hydrogen-bond acceptors (Lipinski definition) is 4. The normalized spacial score (nSPS) is 13.5. The highest BCUT2D eigenvalue weighted by atomic mass is 19.4. The Balaban J connectivity index is 6.19. The van der Waals surface area contributed by atoms with Crippen LogP contribution in [-0.4, -0.2) is 35.5 Å². The maximum atomic E-state index is 13.0. The van der Waals surface area contributed by atoms with Crippen LogP contribution in [0, 0.1) is 0 Å². The molecule has 0 radical (unpaired) electrons. The third-order valence-electron chi connectivity index (χ3n) is 2.08. The molecule has 4 nitrogen and oxygen atoms in total. The van der Waals surface area contributed by atoms with Crippen LogP contribution in [0.25, 0.3) is 0 Å². The molecule has 0 amide bonds. The molecule has 0 bridgehead atoms. The molecular weight excluding hydrogens is 322 g/mol. The lowest BCUT2D eigenvalue weighted by Crippen LogP contribution is -2.66. The van der Waals surface area contributed by atoms with Crippen molar-refractivity contribution in [2.75, 3.05) is 0 Å². The fourth-order valence-corrected chi connectivity index (χ4v) is 1.13. The van der Waals surface area contributed by atoms with E-state index in [9.17, 15) is 35.9 Å². The molecular formula is C12H14F6O4. The standard InChI is InChI=1S/C12H14F6O4/c1-6(2)7(19)21-10(11(13,14)15,12(16,17)18)8(20)22-9(3,4)5/h1H2,2-5H3. The van der Waals surface area contributed by atoms with Gasteiger partial charge in [-0.2, -0.15) is 26.3 Å². The summed E-state index contributed by atoms with van der Waals surface area (Å²) in [6.07, 6.45) is -12.6. The molecule has 0 aromatic heterocycles. The first-order valence-corrected chi connectivity index (χ1v) is 5.71. The summed E-state index contributed by atoms with van der Waals surface area (Å²) in [7, 11) is 0. The van der Waals surface area contributed by atoms with Crippen molar-refractivity contribution >= 4 is 11.9 Å². The first kappa shape index (κ1) is 20.3. The Morgan fingerprint density at radius 2 is 1.23 bits per heavy atom. The zero-order valence-electron chi connectivity index (χ0n) is 12.1. The average Bonchev–Trinajstić information content (AvgIpc) is 2.18. The molecule has 0 aliphatic carbocycles. The Bertz CT molecular complexity index is 455. The molecule has 0 saturated heterocycles. The molecule has 10 heteroatoms. The topological polar surface area (TPSA) is 52.6 Å². The fourth-order valence-electron chi connectivity index (χ4n) is 1.13. The minimum atomic E-state index is -6.28. The summed E-state index contributed by atoms with van der Waals surface area (Å²) in [5.74, 6) is -4.81. The molecule has 0 spiro atoms. The minimum absolute atomic E-state index is 0.749. The van der Waals surface area contributed by atoms with Gasteiger partial charge in [-0.3, -0.25) is 0 Å². The molecule has 0 saturated carbocycles. The van der Waals surface area contributed by atoms with Gasteiger partial charge in [-0.05, 0) is 27.7 Å².